The van der Waals surface area contributed by atoms with Crippen molar-refractivity contribution in [2.75, 3.05) is 19.0 Å². The maximum Gasteiger partial charge on any atom is 0.354 e. The van der Waals surface area contributed by atoms with E-state index in [0.717, 1.165) is 5.69 Å². The van der Waals surface area contributed by atoms with Crippen molar-refractivity contribution in [1.82, 2.24) is 14.6 Å². The molecule has 0 spiro atoms. The van der Waals surface area contributed by atoms with Crippen LogP contribution < -0.4 is 4.90 Å². The van der Waals surface area contributed by atoms with Gasteiger partial charge in [0.25, 0.3) is 0 Å². The molecule has 0 saturated carbocycles. The second-order valence-corrected chi connectivity index (χ2v) is 3.75. The second-order valence-electron chi connectivity index (χ2n) is 3.75. The van der Waals surface area contributed by atoms with Crippen molar-refractivity contribution < 1.29 is 9.90 Å². The fraction of sp³-hybridized carbons (Fsp3) is 0.300. The van der Waals surface area contributed by atoms with Gasteiger partial charge in [-0.3, -0.25) is 0 Å². The van der Waals surface area contributed by atoms with Gasteiger partial charge in [-0.15, -0.1) is 0 Å². The number of aryl methyl sites for hydroxylation is 1. The molecule has 0 aromatic carbocycles. The lowest BCUT2D eigenvalue weighted by molar-refractivity contribution is 0.0690. The van der Waals surface area contributed by atoms with Gasteiger partial charge in [0.15, 0.2) is 11.3 Å². The van der Waals surface area contributed by atoms with Crippen molar-refractivity contribution in [3.8, 4) is 0 Å². The Morgan fingerprint density at radius 1 is 1.44 bits per heavy atom. The fourth-order valence-electron chi connectivity index (χ4n) is 1.50. The number of fused-ring (bicyclic) bond motifs is 1. The summed E-state index contributed by atoms with van der Waals surface area (Å²) in [5.41, 5.74) is 1.37. The minimum atomic E-state index is -1.04. The first-order chi connectivity index (χ1) is 7.49. The molecule has 0 amide bonds. The third kappa shape index (κ3) is 1.58. The third-order valence-electron chi connectivity index (χ3n) is 2.21. The highest BCUT2D eigenvalue weighted by Crippen LogP contribution is 2.16. The number of anilines is 1. The molecule has 6 heteroatoms. The molecule has 0 saturated heterocycles. The molecule has 0 aliphatic heterocycles. The number of aromatic carboxylic acids is 1. The number of rotatable bonds is 2. The summed E-state index contributed by atoms with van der Waals surface area (Å²) in [5.74, 6) is -0.347. The number of nitrogens with zero attached hydrogens (tertiary/aromatic N) is 4. The Morgan fingerprint density at radius 3 is 2.69 bits per heavy atom. The van der Waals surface area contributed by atoms with Crippen LogP contribution in [0.4, 0.5) is 5.82 Å². The molecule has 2 aromatic heterocycles. The van der Waals surface area contributed by atoms with Gasteiger partial charge in [-0.2, -0.15) is 9.61 Å². The Kier molecular flexibility index (Phi) is 2.26. The van der Waals surface area contributed by atoms with Crippen LogP contribution in [0.25, 0.3) is 5.65 Å². The van der Waals surface area contributed by atoms with E-state index < -0.39 is 5.97 Å². The van der Waals surface area contributed by atoms with Crippen molar-refractivity contribution in [1.29, 1.82) is 0 Å². The van der Waals surface area contributed by atoms with E-state index in [1.165, 1.54) is 6.07 Å². The summed E-state index contributed by atoms with van der Waals surface area (Å²) in [5, 5.41) is 13.2. The molecule has 0 aliphatic rings. The topological polar surface area (TPSA) is 70.7 Å². The zero-order valence-corrected chi connectivity index (χ0v) is 9.30. The summed E-state index contributed by atoms with van der Waals surface area (Å²) in [6, 6.07) is 3.25. The second kappa shape index (κ2) is 3.48. The highest BCUT2D eigenvalue weighted by Gasteiger charge is 2.13. The van der Waals surface area contributed by atoms with Crippen LogP contribution in [-0.4, -0.2) is 39.8 Å². The lowest BCUT2D eigenvalue weighted by Crippen LogP contribution is -2.16. The van der Waals surface area contributed by atoms with E-state index in [4.69, 9.17) is 5.11 Å². The van der Waals surface area contributed by atoms with Gasteiger partial charge in [-0.25, -0.2) is 9.78 Å². The fourth-order valence-corrected chi connectivity index (χ4v) is 1.50. The van der Waals surface area contributed by atoms with E-state index in [0.29, 0.717) is 11.5 Å². The summed E-state index contributed by atoms with van der Waals surface area (Å²) in [6.07, 6.45) is 0. The Morgan fingerprint density at radius 2 is 2.12 bits per heavy atom. The van der Waals surface area contributed by atoms with Crippen LogP contribution >= 0.6 is 0 Å². The highest BCUT2D eigenvalue weighted by atomic mass is 16.4. The molecule has 6 nitrogen and oxygen atoms in total. The zero-order chi connectivity index (χ0) is 11.9. The van der Waals surface area contributed by atoms with Gasteiger partial charge in [0.05, 0.1) is 5.69 Å². The smallest absolute Gasteiger partial charge is 0.354 e. The van der Waals surface area contributed by atoms with Crippen LogP contribution in [-0.2, 0) is 0 Å². The summed E-state index contributed by atoms with van der Waals surface area (Å²) in [6.45, 7) is 1.84. The van der Waals surface area contributed by atoms with Crippen LogP contribution in [0.1, 0.15) is 16.2 Å². The number of hydrogen-bond acceptors (Lipinski definition) is 4. The number of carboxylic acids is 1. The van der Waals surface area contributed by atoms with E-state index in [9.17, 15) is 4.79 Å². The average molecular weight is 220 g/mol. The molecule has 84 valence electrons. The van der Waals surface area contributed by atoms with Crippen LogP contribution in [0.15, 0.2) is 12.1 Å². The minimum absolute atomic E-state index is 0.0242. The largest absolute Gasteiger partial charge is 0.477 e. The van der Waals surface area contributed by atoms with E-state index in [2.05, 4.69) is 10.1 Å². The molecule has 2 heterocycles. The lowest BCUT2D eigenvalue weighted by Gasteiger charge is -2.14. The predicted molar refractivity (Wildman–Crippen MR) is 59.0 cm³/mol. The Hall–Kier alpha value is -2.11. The van der Waals surface area contributed by atoms with Crippen molar-refractivity contribution in [2.24, 2.45) is 0 Å². The molecule has 16 heavy (non-hydrogen) atoms. The van der Waals surface area contributed by atoms with Crippen LogP contribution in [0, 0.1) is 6.92 Å². The minimum Gasteiger partial charge on any atom is -0.477 e. The predicted octanol–water partition coefficient (Wildman–Crippen LogP) is 0.802. The molecular weight excluding hydrogens is 208 g/mol. The van der Waals surface area contributed by atoms with Crippen LogP contribution in [0.5, 0.6) is 0 Å². The molecule has 0 fully saturated rings. The molecular formula is C10H12N4O2. The van der Waals surface area contributed by atoms with Crippen molar-refractivity contribution in [3.05, 3.63) is 23.5 Å². The SMILES string of the molecule is Cc1cc2nc(C(=O)O)cc(N(C)C)n2n1. The molecule has 0 bridgehead atoms. The Labute approximate surface area is 92.1 Å². The number of carboxylic acid groups (broad SMARTS) is 1. The quantitative estimate of drug-likeness (QED) is 0.810. The normalized spacial score (nSPS) is 10.7. The number of carbonyl (C=O) groups is 1. The first kappa shape index (κ1) is 10.4. The maximum absolute atomic E-state index is 10.9. The van der Waals surface area contributed by atoms with Gasteiger partial charge < -0.3 is 10.0 Å². The van der Waals surface area contributed by atoms with Gasteiger partial charge in [0.1, 0.15) is 5.82 Å². The van der Waals surface area contributed by atoms with Gasteiger partial charge in [-0.1, -0.05) is 0 Å². The molecule has 1 N–H and O–H groups in total. The van der Waals surface area contributed by atoms with Crippen molar-refractivity contribution >= 4 is 17.4 Å². The summed E-state index contributed by atoms with van der Waals surface area (Å²) < 4.78 is 1.63. The van der Waals surface area contributed by atoms with Gasteiger partial charge in [0, 0.05) is 26.2 Å². The van der Waals surface area contributed by atoms with E-state index in [1.807, 2.05) is 21.0 Å². The first-order valence-corrected chi connectivity index (χ1v) is 4.77. The molecule has 0 unspecified atom stereocenters. The van der Waals surface area contributed by atoms with Gasteiger partial charge >= 0.3 is 5.97 Å². The van der Waals surface area contributed by atoms with E-state index >= 15 is 0 Å². The number of aromatic nitrogens is 3. The molecule has 0 aliphatic carbocycles. The van der Waals surface area contributed by atoms with Crippen molar-refractivity contribution in [3.63, 3.8) is 0 Å². The lowest BCUT2D eigenvalue weighted by atomic mass is 10.3. The summed E-state index contributed by atoms with van der Waals surface area (Å²) in [4.78, 5) is 16.7. The van der Waals surface area contributed by atoms with Gasteiger partial charge in [0.2, 0.25) is 0 Å². The average Bonchev–Trinajstić information content (AvgIpc) is 2.55. The molecule has 2 aromatic rings. The summed E-state index contributed by atoms with van der Waals surface area (Å²) >= 11 is 0. The maximum atomic E-state index is 10.9. The van der Waals surface area contributed by atoms with Gasteiger partial charge in [-0.05, 0) is 6.92 Å². The van der Waals surface area contributed by atoms with Crippen molar-refractivity contribution in [2.45, 2.75) is 6.92 Å². The number of hydrogen-bond donors (Lipinski definition) is 1. The monoisotopic (exact) mass is 220 g/mol. The Bertz CT molecular complexity index is 559. The van der Waals surface area contributed by atoms with E-state index in [1.54, 1.807) is 15.5 Å². The Balaban J connectivity index is 2.78. The standard InChI is InChI=1S/C10H12N4O2/c1-6-4-8-11-7(10(15)16)5-9(13(2)3)14(8)12-6/h4-5H,1-3H3,(H,15,16). The van der Waals surface area contributed by atoms with Crippen LogP contribution in [0.3, 0.4) is 0 Å². The van der Waals surface area contributed by atoms with E-state index in [-0.39, 0.29) is 5.69 Å². The summed E-state index contributed by atoms with van der Waals surface area (Å²) in [7, 11) is 3.66. The third-order valence-corrected chi connectivity index (χ3v) is 2.21. The highest BCUT2D eigenvalue weighted by molar-refractivity contribution is 5.87. The zero-order valence-electron chi connectivity index (χ0n) is 9.30. The van der Waals surface area contributed by atoms with Crippen LogP contribution in [0.2, 0.25) is 0 Å². The molecule has 0 radical (unpaired) electrons. The molecule has 2 rings (SSSR count). The molecule has 0 atom stereocenters. The first-order valence-electron chi connectivity index (χ1n) is 4.77.